The highest BCUT2D eigenvalue weighted by Crippen LogP contribution is 2.00. The molecule has 0 amide bonds. The summed E-state index contributed by atoms with van der Waals surface area (Å²) in [5.41, 5.74) is 0.296. The van der Waals surface area contributed by atoms with Crippen molar-refractivity contribution in [1.82, 2.24) is 14.3 Å². The van der Waals surface area contributed by atoms with E-state index in [-0.39, 0.29) is 18.0 Å². The first-order valence-electron chi connectivity index (χ1n) is 4.85. The van der Waals surface area contributed by atoms with Gasteiger partial charge < -0.3 is 0 Å². The van der Waals surface area contributed by atoms with Crippen molar-refractivity contribution >= 4 is 5.78 Å². The minimum absolute atomic E-state index is 0.0241. The Balaban J connectivity index is 2.21. The Labute approximate surface area is 91.9 Å². The van der Waals surface area contributed by atoms with Gasteiger partial charge in [0, 0.05) is 12.6 Å². The molecule has 1 heterocycles. The first kappa shape index (κ1) is 10.4. The van der Waals surface area contributed by atoms with Crippen LogP contribution in [0.2, 0.25) is 0 Å². The topological polar surface area (TPSA) is 56.9 Å². The highest BCUT2D eigenvalue weighted by molar-refractivity contribution is 5.95. The van der Waals surface area contributed by atoms with Gasteiger partial charge in [0.2, 0.25) is 0 Å². The SMILES string of the molecule is Cn1cnn(CC(=O)c2ccccc2)c1=O. The van der Waals surface area contributed by atoms with E-state index < -0.39 is 0 Å². The molecule has 2 aromatic rings. The molecule has 16 heavy (non-hydrogen) atoms. The molecule has 0 aliphatic rings. The Morgan fingerprint density at radius 2 is 2.00 bits per heavy atom. The van der Waals surface area contributed by atoms with Gasteiger partial charge in [-0.1, -0.05) is 30.3 Å². The molecule has 0 aliphatic heterocycles. The van der Waals surface area contributed by atoms with Crippen LogP contribution >= 0.6 is 0 Å². The molecule has 0 N–H and O–H groups in total. The molecule has 2 rings (SSSR count). The maximum atomic E-state index is 11.8. The summed E-state index contributed by atoms with van der Waals surface area (Å²) in [5, 5.41) is 3.83. The number of Topliss-reactive ketones (excluding diaryl/α,β-unsaturated/α-hetero) is 1. The van der Waals surface area contributed by atoms with Crippen molar-refractivity contribution in [3.05, 3.63) is 52.7 Å². The molecule has 0 radical (unpaired) electrons. The normalized spacial score (nSPS) is 10.3. The lowest BCUT2D eigenvalue weighted by atomic mass is 10.1. The van der Waals surface area contributed by atoms with Gasteiger partial charge in [-0.2, -0.15) is 5.10 Å². The number of aromatic nitrogens is 3. The lowest BCUT2D eigenvalue weighted by Crippen LogP contribution is -2.26. The van der Waals surface area contributed by atoms with Crippen molar-refractivity contribution < 1.29 is 4.79 Å². The maximum Gasteiger partial charge on any atom is 0.345 e. The van der Waals surface area contributed by atoms with Gasteiger partial charge in [0.05, 0.1) is 0 Å². The minimum atomic E-state index is -0.288. The zero-order valence-corrected chi connectivity index (χ0v) is 8.83. The van der Waals surface area contributed by atoms with E-state index in [0.29, 0.717) is 5.56 Å². The Hall–Kier alpha value is -2.17. The van der Waals surface area contributed by atoms with E-state index >= 15 is 0 Å². The second kappa shape index (κ2) is 4.14. The molecular formula is C11H11N3O2. The number of carbonyl (C=O) groups excluding carboxylic acids is 1. The summed E-state index contributed by atoms with van der Waals surface area (Å²) in [6.45, 7) is -0.0241. The second-order valence-electron chi connectivity index (χ2n) is 3.47. The zero-order valence-electron chi connectivity index (χ0n) is 8.83. The lowest BCUT2D eigenvalue weighted by Gasteiger charge is -1.99. The molecule has 5 heteroatoms. The van der Waals surface area contributed by atoms with E-state index in [9.17, 15) is 9.59 Å². The third kappa shape index (κ3) is 1.93. The van der Waals surface area contributed by atoms with E-state index in [1.54, 1.807) is 31.3 Å². The van der Waals surface area contributed by atoms with Crippen LogP contribution in [0.25, 0.3) is 0 Å². The summed E-state index contributed by atoms with van der Waals surface area (Å²) in [4.78, 5) is 23.2. The molecule has 0 saturated carbocycles. The summed E-state index contributed by atoms with van der Waals surface area (Å²) in [6.07, 6.45) is 1.39. The van der Waals surface area contributed by atoms with Gasteiger partial charge in [0.25, 0.3) is 0 Å². The van der Waals surface area contributed by atoms with Crippen LogP contribution in [0.15, 0.2) is 41.5 Å². The Kier molecular flexibility index (Phi) is 2.68. The van der Waals surface area contributed by atoms with Crippen molar-refractivity contribution in [2.24, 2.45) is 7.05 Å². The van der Waals surface area contributed by atoms with Gasteiger partial charge in [0.15, 0.2) is 5.78 Å². The molecule has 1 aromatic carbocycles. The van der Waals surface area contributed by atoms with E-state index in [1.165, 1.54) is 10.9 Å². The van der Waals surface area contributed by atoms with E-state index in [1.807, 2.05) is 6.07 Å². The summed E-state index contributed by atoms with van der Waals surface area (Å²) in [5.74, 6) is -0.124. The highest BCUT2D eigenvalue weighted by atomic mass is 16.2. The number of aryl methyl sites for hydroxylation is 1. The first-order valence-corrected chi connectivity index (χ1v) is 4.85. The lowest BCUT2D eigenvalue weighted by molar-refractivity contribution is 0.0966. The molecular weight excluding hydrogens is 206 g/mol. The third-order valence-electron chi connectivity index (χ3n) is 2.28. The third-order valence-corrected chi connectivity index (χ3v) is 2.28. The van der Waals surface area contributed by atoms with Crippen LogP contribution < -0.4 is 5.69 Å². The minimum Gasteiger partial charge on any atom is -0.292 e. The smallest absolute Gasteiger partial charge is 0.292 e. The van der Waals surface area contributed by atoms with Gasteiger partial charge in [-0.15, -0.1) is 0 Å². The Morgan fingerprint density at radius 1 is 1.31 bits per heavy atom. The first-order chi connectivity index (χ1) is 7.68. The summed E-state index contributed by atoms with van der Waals surface area (Å²) in [7, 11) is 1.60. The maximum absolute atomic E-state index is 11.8. The number of ketones is 1. The molecule has 0 saturated heterocycles. The number of hydrogen-bond acceptors (Lipinski definition) is 3. The van der Waals surface area contributed by atoms with Crippen molar-refractivity contribution in [2.45, 2.75) is 6.54 Å². The van der Waals surface area contributed by atoms with Crippen LogP contribution in [0, 0.1) is 0 Å². The summed E-state index contributed by atoms with van der Waals surface area (Å²) >= 11 is 0. The van der Waals surface area contributed by atoms with Crippen LogP contribution in [0.1, 0.15) is 10.4 Å². The molecule has 0 aliphatic carbocycles. The zero-order chi connectivity index (χ0) is 11.5. The quantitative estimate of drug-likeness (QED) is 0.702. The van der Waals surface area contributed by atoms with Gasteiger partial charge in [0.1, 0.15) is 12.9 Å². The number of benzene rings is 1. The van der Waals surface area contributed by atoms with Gasteiger partial charge in [-0.25, -0.2) is 9.48 Å². The van der Waals surface area contributed by atoms with Gasteiger partial charge >= 0.3 is 5.69 Å². The molecule has 0 atom stereocenters. The predicted octanol–water partition coefficient (Wildman–Crippen LogP) is 0.465. The van der Waals surface area contributed by atoms with Crippen molar-refractivity contribution in [3.8, 4) is 0 Å². The molecule has 1 aromatic heterocycles. The number of carbonyl (C=O) groups is 1. The second-order valence-corrected chi connectivity index (χ2v) is 3.47. The van der Waals surface area contributed by atoms with Gasteiger partial charge in [-0.05, 0) is 0 Å². The summed E-state index contributed by atoms with van der Waals surface area (Å²) < 4.78 is 2.48. The molecule has 0 fully saturated rings. The monoisotopic (exact) mass is 217 g/mol. The fraction of sp³-hybridized carbons (Fsp3) is 0.182. The van der Waals surface area contributed by atoms with E-state index in [4.69, 9.17) is 0 Å². The number of hydrogen-bond donors (Lipinski definition) is 0. The highest BCUT2D eigenvalue weighted by Gasteiger charge is 2.09. The predicted molar refractivity (Wildman–Crippen MR) is 58.2 cm³/mol. The van der Waals surface area contributed by atoms with Crippen molar-refractivity contribution in [2.75, 3.05) is 0 Å². The summed E-state index contributed by atoms with van der Waals surface area (Å²) in [6, 6.07) is 8.85. The standard InChI is InChI=1S/C11H11N3O2/c1-13-8-12-14(11(13)16)7-10(15)9-5-3-2-4-6-9/h2-6,8H,7H2,1H3. The fourth-order valence-electron chi connectivity index (χ4n) is 1.38. The molecule has 0 spiro atoms. The number of rotatable bonds is 3. The molecule has 5 nitrogen and oxygen atoms in total. The Morgan fingerprint density at radius 3 is 2.56 bits per heavy atom. The van der Waals surface area contributed by atoms with Crippen LogP contribution in [0.4, 0.5) is 0 Å². The van der Waals surface area contributed by atoms with Gasteiger partial charge in [-0.3, -0.25) is 9.36 Å². The average Bonchev–Trinajstić information content (AvgIpc) is 2.62. The van der Waals surface area contributed by atoms with Crippen LogP contribution in [0.5, 0.6) is 0 Å². The largest absolute Gasteiger partial charge is 0.345 e. The Bertz CT molecular complexity index is 554. The fourth-order valence-corrected chi connectivity index (χ4v) is 1.38. The molecule has 82 valence electrons. The molecule has 0 bridgehead atoms. The van der Waals surface area contributed by atoms with E-state index in [2.05, 4.69) is 5.10 Å². The number of nitrogens with zero attached hydrogens (tertiary/aromatic N) is 3. The average molecular weight is 217 g/mol. The van der Waals surface area contributed by atoms with Crippen molar-refractivity contribution in [1.29, 1.82) is 0 Å². The van der Waals surface area contributed by atoms with Crippen LogP contribution in [0.3, 0.4) is 0 Å². The van der Waals surface area contributed by atoms with E-state index in [0.717, 1.165) is 4.68 Å². The van der Waals surface area contributed by atoms with Crippen LogP contribution in [-0.4, -0.2) is 20.1 Å². The van der Waals surface area contributed by atoms with Crippen molar-refractivity contribution in [3.63, 3.8) is 0 Å². The van der Waals surface area contributed by atoms with Crippen LogP contribution in [-0.2, 0) is 13.6 Å². The molecule has 0 unspecified atom stereocenters.